The molecule has 0 spiro atoms. The first-order valence-electron chi connectivity index (χ1n) is 7.39. The predicted molar refractivity (Wildman–Crippen MR) is 85.1 cm³/mol. The Hall–Kier alpha value is -2.21. The van der Waals surface area contributed by atoms with Gasteiger partial charge in [0, 0.05) is 24.6 Å². The van der Waals surface area contributed by atoms with E-state index in [0.29, 0.717) is 0 Å². The number of aryl methyl sites for hydroxylation is 1. The number of nitrogens with zero attached hydrogens (tertiary/aromatic N) is 4. The van der Waals surface area contributed by atoms with Gasteiger partial charge in [-0.15, -0.1) is 11.3 Å². The summed E-state index contributed by atoms with van der Waals surface area (Å²) in [5.41, 5.74) is 4.61. The van der Waals surface area contributed by atoms with Gasteiger partial charge in [0.25, 0.3) is 5.91 Å². The molecule has 4 rings (SSSR count). The van der Waals surface area contributed by atoms with E-state index in [2.05, 4.69) is 20.4 Å². The van der Waals surface area contributed by atoms with Crippen molar-refractivity contribution >= 4 is 22.9 Å². The number of carbonyl (C=O) groups is 1. The molecule has 1 atom stereocenters. The molecule has 1 aliphatic heterocycles. The van der Waals surface area contributed by atoms with Gasteiger partial charge in [0.05, 0.1) is 17.2 Å². The van der Waals surface area contributed by atoms with Gasteiger partial charge in [0.1, 0.15) is 10.5 Å². The Kier molecular flexibility index (Phi) is 3.18. The zero-order valence-electron chi connectivity index (χ0n) is 12.3. The number of aromatic nitrogens is 3. The molecule has 1 saturated heterocycles. The number of carbonyl (C=O) groups excluding carboxylic acids is 1. The van der Waals surface area contributed by atoms with Crippen LogP contribution in [-0.2, 0) is 0 Å². The minimum Gasteiger partial charge on any atom is -0.329 e. The van der Waals surface area contributed by atoms with Crippen molar-refractivity contribution in [3.63, 3.8) is 0 Å². The Morgan fingerprint density at radius 3 is 3.09 bits per heavy atom. The van der Waals surface area contributed by atoms with Crippen LogP contribution < -0.4 is 0 Å². The fraction of sp³-hybridized carbons (Fsp3) is 0.312. The minimum absolute atomic E-state index is 0.0969. The number of fused-ring (bicyclic) bond motifs is 1. The van der Waals surface area contributed by atoms with E-state index in [0.717, 1.165) is 41.3 Å². The molecule has 0 radical (unpaired) electrons. The highest BCUT2D eigenvalue weighted by atomic mass is 32.1. The maximum absolute atomic E-state index is 12.9. The molecule has 5 nitrogen and oxygen atoms in total. The Morgan fingerprint density at radius 1 is 1.36 bits per heavy atom. The van der Waals surface area contributed by atoms with E-state index in [4.69, 9.17) is 0 Å². The molecule has 0 bridgehead atoms. The quantitative estimate of drug-likeness (QED) is 0.730. The number of hydrogen-bond donors (Lipinski definition) is 0. The van der Waals surface area contributed by atoms with Crippen molar-refractivity contribution in [2.45, 2.75) is 25.8 Å². The van der Waals surface area contributed by atoms with Crippen LogP contribution in [0.3, 0.4) is 0 Å². The van der Waals surface area contributed by atoms with E-state index in [1.807, 2.05) is 30.2 Å². The Bertz CT molecular complexity index is 837. The van der Waals surface area contributed by atoms with Crippen LogP contribution in [0.2, 0.25) is 0 Å². The highest BCUT2D eigenvalue weighted by molar-refractivity contribution is 7.11. The van der Waals surface area contributed by atoms with Gasteiger partial charge >= 0.3 is 0 Å². The molecule has 0 saturated carbocycles. The number of pyridine rings is 1. The lowest BCUT2D eigenvalue weighted by Gasteiger charge is -2.25. The average Bonchev–Trinajstić information content (AvgIpc) is 3.25. The summed E-state index contributed by atoms with van der Waals surface area (Å²) >= 11 is 1.43. The van der Waals surface area contributed by atoms with Crippen LogP contribution in [0.25, 0.3) is 5.65 Å². The topological polar surface area (TPSA) is 50.5 Å². The lowest BCUT2D eigenvalue weighted by atomic mass is 10.1. The second-order valence-corrected chi connectivity index (χ2v) is 6.38. The highest BCUT2D eigenvalue weighted by Crippen LogP contribution is 2.34. The summed E-state index contributed by atoms with van der Waals surface area (Å²) < 4.78 is 2.08. The Balaban J connectivity index is 1.74. The van der Waals surface area contributed by atoms with Gasteiger partial charge in [0.15, 0.2) is 0 Å². The summed E-state index contributed by atoms with van der Waals surface area (Å²) in [6.07, 6.45) is 5.77. The number of thiazole rings is 1. The second-order valence-electron chi connectivity index (χ2n) is 5.53. The summed E-state index contributed by atoms with van der Waals surface area (Å²) in [4.78, 5) is 24.1. The molecule has 1 fully saturated rings. The van der Waals surface area contributed by atoms with Crippen molar-refractivity contribution in [2.75, 3.05) is 6.54 Å². The fourth-order valence-corrected chi connectivity index (χ4v) is 3.95. The van der Waals surface area contributed by atoms with E-state index < -0.39 is 0 Å². The molecule has 22 heavy (non-hydrogen) atoms. The van der Waals surface area contributed by atoms with Gasteiger partial charge in [-0.3, -0.25) is 4.79 Å². The molecule has 0 unspecified atom stereocenters. The van der Waals surface area contributed by atoms with Crippen LogP contribution in [0.4, 0.5) is 0 Å². The average molecular weight is 312 g/mol. The van der Waals surface area contributed by atoms with Gasteiger partial charge in [-0.25, -0.2) is 9.97 Å². The van der Waals surface area contributed by atoms with E-state index in [-0.39, 0.29) is 11.9 Å². The smallest absolute Gasteiger partial charge is 0.266 e. The number of rotatable bonds is 2. The third-order valence-electron chi connectivity index (χ3n) is 4.25. The lowest BCUT2D eigenvalue weighted by molar-refractivity contribution is 0.0736. The van der Waals surface area contributed by atoms with Crippen molar-refractivity contribution in [1.29, 1.82) is 0 Å². The summed E-state index contributed by atoms with van der Waals surface area (Å²) in [7, 11) is 0. The molecule has 3 aromatic rings. The Labute approximate surface area is 132 Å². The van der Waals surface area contributed by atoms with Crippen LogP contribution in [0, 0.1) is 6.92 Å². The summed E-state index contributed by atoms with van der Waals surface area (Å²) in [6, 6.07) is 6.19. The van der Waals surface area contributed by atoms with Crippen molar-refractivity contribution in [3.8, 4) is 0 Å². The maximum Gasteiger partial charge on any atom is 0.266 e. The first-order chi connectivity index (χ1) is 10.8. The van der Waals surface area contributed by atoms with Crippen LogP contribution in [-0.4, -0.2) is 31.7 Å². The van der Waals surface area contributed by atoms with E-state index in [1.54, 1.807) is 11.7 Å². The van der Waals surface area contributed by atoms with Gasteiger partial charge in [-0.1, -0.05) is 6.07 Å². The molecule has 6 heteroatoms. The van der Waals surface area contributed by atoms with Crippen LogP contribution >= 0.6 is 11.3 Å². The highest BCUT2D eigenvalue weighted by Gasteiger charge is 2.33. The molecule has 4 heterocycles. The SMILES string of the molecule is Cc1ncsc1C(=O)N1CCC[C@@H]1c1cccc2nccn12. The monoisotopic (exact) mass is 312 g/mol. The standard InChI is InChI=1S/C16H16N4OS/c1-11-15(22-10-18-11)16(21)20-8-3-5-13(20)12-4-2-6-14-17-7-9-19(12)14/h2,4,6-7,9-10,13H,3,5,8H2,1H3/t13-/m1/s1. The molecule has 112 valence electrons. The van der Waals surface area contributed by atoms with Crippen molar-refractivity contribution in [1.82, 2.24) is 19.3 Å². The van der Waals surface area contributed by atoms with Gasteiger partial charge < -0.3 is 9.30 Å². The molecular weight excluding hydrogens is 296 g/mol. The van der Waals surface area contributed by atoms with Gasteiger partial charge in [0.2, 0.25) is 0 Å². The number of hydrogen-bond acceptors (Lipinski definition) is 4. The minimum atomic E-state index is 0.0969. The maximum atomic E-state index is 12.9. The second kappa shape index (κ2) is 5.21. The molecule has 0 aromatic carbocycles. The predicted octanol–water partition coefficient (Wildman–Crippen LogP) is 3.08. The third-order valence-corrected chi connectivity index (χ3v) is 5.17. The molecule has 1 amide bonds. The normalized spacial score (nSPS) is 18.2. The van der Waals surface area contributed by atoms with Crippen molar-refractivity contribution in [2.24, 2.45) is 0 Å². The molecule has 1 aliphatic rings. The summed E-state index contributed by atoms with van der Waals surface area (Å²) in [6.45, 7) is 2.69. The van der Waals surface area contributed by atoms with Gasteiger partial charge in [-0.2, -0.15) is 0 Å². The number of imidazole rings is 1. The zero-order valence-corrected chi connectivity index (χ0v) is 13.1. The van der Waals surface area contributed by atoms with Crippen molar-refractivity contribution in [3.05, 3.63) is 52.4 Å². The number of amides is 1. The first-order valence-corrected chi connectivity index (χ1v) is 8.26. The van der Waals surface area contributed by atoms with Gasteiger partial charge in [-0.05, 0) is 31.9 Å². The Morgan fingerprint density at radius 2 is 2.27 bits per heavy atom. The number of likely N-dealkylation sites (tertiary alicyclic amines) is 1. The fourth-order valence-electron chi connectivity index (χ4n) is 3.20. The van der Waals surface area contributed by atoms with Crippen molar-refractivity contribution < 1.29 is 4.79 Å². The molecule has 0 aliphatic carbocycles. The molecule has 3 aromatic heterocycles. The largest absolute Gasteiger partial charge is 0.329 e. The van der Waals surface area contributed by atoms with E-state index >= 15 is 0 Å². The molecular formula is C16H16N4OS. The van der Waals surface area contributed by atoms with Crippen LogP contribution in [0.1, 0.15) is 39.9 Å². The first kappa shape index (κ1) is 13.5. The lowest BCUT2D eigenvalue weighted by Crippen LogP contribution is -2.31. The molecule has 0 N–H and O–H groups in total. The van der Waals surface area contributed by atoms with Crippen LogP contribution in [0.15, 0.2) is 36.1 Å². The van der Waals surface area contributed by atoms with Crippen LogP contribution in [0.5, 0.6) is 0 Å². The van der Waals surface area contributed by atoms with E-state index in [1.165, 1.54) is 11.3 Å². The summed E-state index contributed by atoms with van der Waals surface area (Å²) in [5, 5.41) is 0. The van der Waals surface area contributed by atoms with E-state index in [9.17, 15) is 4.79 Å². The zero-order chi connectivity index (χ0) is 15.1. The summed E-state index contributed by atoms with van der Waals surface area (Å²) in [5.74, 6) is 0.0969. The third kappa shape index (κ3) is 2.02.